The van der Waals surface area contributed by atoms with Gasteiger partial charge >= 0.3 is 5.97 Å². The van der Waals surface area contributed by atoms with Crippen molar-refractivity contribution < 1.29 is 23.9 Å². The van der Waals surface area contributed by atoms with Gasteiger partial charge in [0.2, 0.25) is 6.10 Å². The van der Waals surface area contributed by atoms with E-state index in [1.165, 1.54) is 14.0 Å². The molecule has 3 aromatic carbocycles. The molecule has 0 aliphatic rings. The molecule has 3 rings (SSSR count). The molecule has 0 aromatic heterocycles. The molecule has 6 nitrogen and oxygen atoms in total. The van der Waals surface area contributed by atoms with E-state index in [2.05, 4.69) is 5.32 Å². The summed E-state index contributed by atoms with van der Waals surface area (Å²) in [5.74, 6) is -0.973. The van der Waals surface area contributed by atoms with Gasteiger partial charge in [0.1, 0.15) is 11.3 Å². The number of hydrogen-bond donors (Lipinski definition) is 1. The number of carbonyl (C=O) groups is 3. The first-order chi connectivity index (χ1) is 14.9. The normalized spacial score (nSPS) is 11.3. The molecule has 1 N–H and O–H groups in total. The Morgan fingerprint density at radius 1 is 0.903 bits per heavy atom. The Morgan fingerprint density at radius 2 is 1.65 bits per heavy atom. The third-order valence-corrected chi connectivity index (χ3v) is 4.68. The van der Waals surface area contributed by atoms with Gasteiger partial charge in [-0.25, -0.2) is 4.79 Å². The molecule has 6 heteroatoms. The van der Waals surface area contributed by atoms with E-state index in [1.54, 1.807) is 66.7 Å². The minimum Gasteiger partial charge on any atom is -0.496 e. The summed E-state index contributed by atoms with van der Waals surface area (Å²) in [4.78, 5) is 37.6. The Morgan fingerprint density at radius 3 is 2.32 bits per heavy atom. The quantitative estimate of drug-likeness (QED) is 0.443. The molecule has 31 heavy (non-hydrogen) atoms. The topological polar surface area (TPSA) is 81.7 Å². The number of benzene rings is 3. The summed E-state index contributed by atoms with van der Waals surface area (Å²) in [5, 5.41) is 2.73. The molecular formula is C25H23NO5. The van der Waals surface area contributed by atoms with Crippen LogP contribution >= 0.6 is 0 Å². The maximum atomic E-state index is 13.1. The lowest BCUT2D eigenvalue weighted by Crippen LogP contribution is -2.26. The highest BCUT2D eigenvalue weighted by Gasteiger charge is 2.27. The molecule has 0 heterocycles. The van der Waals surface area contributed by atoms with Crippen molar-refractivity contribution in [2.75, 3.05) is 12.4 Å². The molecule has 0 unspecified atom stereocenters. The van der Waals surface area contributed by atoms with E-state index >= 15 is 0 Å². The van der Waals surface area contributed by atoms with Crippen molar-refractivity contribution in [1.29, 1.82) is 0 Å². The lowest BCUT2D eigenvalue weighted by atomic mass is 10.1. The fourth-order valence-electron chi connectivity index (χ4n) is 3.08. The van der Waals surface area contributed by atoms with Gasteiger partial charge in [0, 0.05) is 16.8 Å². The zero-order valence-corrected chi connectivity index (χ0v) is 17.5. The molecule has 0 bridgehead atoms. The van der Waals surface area contributed by atoms with Crippen molar-refractivity contribution in [3.8, 4) is 5.75 Å². The van der Waals surface area contributed by atoms with E-state index in [-0.39, 0.29) is 11.3 Å². The van der Waals surface area contributed by atoms with Gasteiger partial charge in [-0.3, -0.25) is 9.59 Å². The number of carbonyl (C=O) groups excluding carboxylic acids is 3. The van der Waals surface area contributed by atoms with E-state index in [4.69, 9.17) is 9.47 Å². The fraction of sp³-hybridized carbons (Fsp3) is 0.160. The minimum atomic E-state index is -1.19. The van der Waals surface area contributed by atoms with Crippen LogP contribution in [0.15, 0.2) is 72.8 Å². The zero-order valence-electron chi connectivity index (χ0n) is 17.5. The Hall–Kier alpha value is -3.93. The maximum absolute atomic E-state index is 13.1. The van der Waals surface area contributed by atoms with E-state index in [9.17, 15) is 14.4 Å². The van der Waals surface area contributed by atoms with Crippen LogP contribution in [0.3, 0.4) is 0 Å². The Bertz CT molecular complexity index is 1110. The number of ketones is 1. The summed E-state index contributed by atoms with van der Waals surface area (Å²) in [6.45, 7) is 3.30. The first kappa shape index (κ1) is 21.8. The number of hydrogen-bond acceptors (Lipinski definition) is 5. The minimum absolute atomic E-state index is 0.117. The molecule has 0 saturated carbocycles. The monoisotopic (exact) mass is 417 g/mol. The van der Waals surface area contributed by atoms with Crippen LogP contribution in [-0.2, 0) is 9.53 Å². The number of esters is 1. The lowest BCUT2D eigenvalue weighted by Gasteiger charge is -2.19. The summed E-state index contributed by atoms with van der Waals surface area (Å²) >= 11 is 0. The predicted molar refractivity (Wildman–Crippen MR) is 117 cm³/mol. The van der Waals surface area contributed by atoms with E-state index < -0.39 is 18.0 Å². The van der Waals surface area contributed by atoms with Gasteiger partial charge in [-0.2, -0.15) is 0 Å². The molecule has 1 atom stereocenters. The largest absolute Gasteiger partial charge is 0.496 e. The number of amides is 1. The summed E-state index contributed by atoms with van der Waals surface area (Å²) < 4.78 is 10.9. The standard InChI is InChI=1S/C25H23NO5/c1-16-12-13-22(30-3)21(14-16)25(29)31-23(18-8-5-4-6-9-18)24(28)26-20-11-7-10-19(15-20)17(2)27/h4-15,23H,1-3H3,(H,26,28)/t23-/m1/s1. The summed E-state index contributed by atoms with van der Waals surface area (Å²) in [7, 11) is 1.46. The van der Waals surface area contributed by atoms with Gasteiger partial charge in [0.05, 0.1) is 7.11 Å². The van der Waals surface area contributed by atoms with Crippen LogP contribution in [0.25, 0.3) is 0 Å². The summed E-state index contributed by atoms with van der Waals surface area (Å²) in [6.07, 6.45) is -1.19. The van der Waals surface area contributed by atoms with Gasteiger partial charge in [-0.05, 0) is 38.1 Å². The number of methoxy groups -OCH3 is 1. The van der Waals surface area contributed by atoms with E-state index in [1.807, 2.05) is 13.0 Å². The van der Waals surface area contributed by atoms with Crippen molar-refractivity contribution in [3.05, 3.63) is 95.1 Å². The third-order valence-electron chi connectivity index (χ3n) is 4.68. The van der Waals surface area contributed by atoms with Crippen LogP contribution in [0, 0.1) is 6.92 Å². The molecular weight excluding hydrogens is 394 g/mol. The fourth-order valence-corrected chi connectivity index (χ4v) is 3.08. The average molecular weight is 417 g/mol. The second-order valence-electron chi connectivity index (χ2n) is 7.03. The van der Waals surface area contributed by atoms with Gasteiger partial charge in [-0.15, -0.1) is 0 Å². The average Bonchev–Trinajstić information content (AvgIpc) is 2.78. The second-order valence-corrected chi connectivity index (χ2v) is 7.03. The summed E-state index contributed by atoms with van der Waals surface area (Å²) in [5.41, 5.74) is 2.50. The van der Waals surface area contributed by atoms with Crippen molar-refractivity contribution in [2.45, 2.75) is 20.0 Å². The number of anilines is 1. The molecule has 0 saturated heterocycles. The Kier molecular flexibility index (Phi) is 6.82. The van der Waals surface area contributed by atoms with Crippen molar-refractivity contribution >= 4 is 23.3 Å². The zero-order chi connectivity index (χ0) is 22.4. The molecule has 0 aliphatic carbocycles. The van der Waals surface area contributed by atoms with Crippen LogP contribution in [0.1, 0.15) is 44.9 Å². The lowest BCUT2D eigenvalue weighted by molar-refractivity contribution is -0.125. The molecule has 0 aliphatic heterocycles. The third kappa shape index (κ3) is 5.36. The van der Waals surface area contributed by atoms with Crippen LogP contribution in [0.4, 0.5) is 5.69 Å². The number of rotatable bonds is 7. The molecule has 0 radical (unpaired) electrons. The van der Waals surface area contributed by atoms with Gasteiger partial charge in [0.15, 0.2) is 5.78 Å². The highest BCUT2D eigenvalue weighted by Crippen LogP contribution is 2.26. The van der Waals surface area contributed by atoms with Crippen LogP contribution in [-0.4, -0.2) is 24.8 Å². The number of ether oxygens (including phenoxy) is 2. The highest BCUT2D eigenvalue weighted by molar-refractivity contribution is 6.00. The molecule has 0 spiro atoms. The van der Waals surface area contributed by atoms with Crippen molar-refractivity contribution in [3.63, 3.8) is 0 Å². The first-order valence-corrected chi connectivity index (χ1v) is 9.71. The van der Waals surface area contributed by atoms with Crippen LogP contribution < -0.4 is 10.1 Å². The maximum Gasteiger partial charge on any atom is 0.343 e. The van der Waals surface area contributed by atoms with Crippen molar-refractivity contribution in [2.24, 2.45) is 0 Å². The van der Waals surface area contributed by atoms with Crippen LogP contribution in [0.2, 0.25) is 0 Å². The van der Waals surface area contributed by atoms with Crippen LogP contribution in [0.5, 0.6) is 5.75 Å². The Balaban J connectivity index is 1.90. The van der Waals surface area contributed by atoms with Gasteiger partial charge < -0.3 is 14.8 Å². The SMILES string of the molecule is COc1ccc(C)cc1C(=O)O[C@@H](C(=O)Nc1cccc(C(C)=O)c1)c1ccccc1. The smallest absolute Gasteiger partial charge is 0.343 e. The molecule has 3 aromatic rings. The number of Topliss-reactive ketones (excluding diaryl/α,β-unsaturated/α-hetero) is 1. The second kappa shape index (κ2) is 9.71. The predicted octanol–water partition coefficient (Wildman–Crippen LogP) is 4.74. The molecule has 1 amide bonds. The molecule has 0 fully saturated rings. The summed E-state index contributed by atoms with van der Waals surface area (Å²) in [6, 6.07) is 20.5. The van der Waals surface area contributed by atoms with E-state index in [0.717, 1.165) is 5.56 Å². The Labute approximate surface area is 180 Å². The number of nitrogens with one attached hydrogen (secondary N) is 1. The van der Waals surface area contributed by atoms with Gasteiger partial charge in [-0.1, -0.05) is 54.1 Å². The highest BCUT2D eigenvalue weighted by atomic mass is 16.5. The molecule has 158 valence electrons. The number of aryl methyl sites for hydroxylation is 1. The van der Waals surface area contributed by atoms with Crippen molar-refractivity contribution in [1.82, 2.24) is 0 Å². The first-order valence-electron chi connectivity index (χ1n) is 9.71. The van der Waals surface area contributed by atoms with E-state index in [0.29, 0.717) is 22.6 Å². The van der Waals surface area contributed by atoms with Gasteiger partial charge in [0.25, 0.3) is 5.91 Å².